The summed E-state index contributed by atoms with van der Waals surface area (Å²) in [5, 5.41) is 4.00. The van der Waals surface area contributed by atoms with Gasteiger partial charge in [0.15, 0.2) is 5.82 Å². The van der Waals surface area contributed by atoms with Gasteiger partial charge in [0.2, 0.25) is 15.9 Å². The van der Waals surface area contributed by atoms with Crippen molar-refractivity contribution in [2.24, 2.45) is 0 Å². The molecule has 2 aromatic heterocycles. The van der Waals surface area contributed by atoms with E-state index >= 15 is 0 Å². The largest absolute Gasteiger partial charge is 0.338 e. The van der Waals surface area contributed by atoms with Gasteiger partial charge in [-0.3, -0.25) is 9.88 Å². The molecule has 0 bridgehead atoms. The Bertz CT molecular complexity index is 798. The smallest absolute Gasteiger partial charge is 0.244 e. The Kier molecular flexibility index (Phi) is 5.16. The lowest BCUT2D eigenvalue weighted by molar-refractivity contribution is 0.124. The molecule has 2 aromatic rings. The van der Waals surface area contributed by atoms with E-state index in [0.29, 0.717) is 37.9 Å². The topological polar surface area (TPSA) is 92.4 Å². The predicted molar refractivity (Wildman–Crippen MR) is 91.4 cm³/mol. The van der Waals surface area contributed by atoms with Crippen molar-refractivity contribution in [2.45, 2.75) is 37.6 Å². The van der Waals surface area contributed by atoms with Crippen LogP contribution < -0.4 is 0 Å². The molecular formula is C16H23N5O3S. The number of nitrogens with zero attached hydrogens (tertiary/aromatic N) is 5. The van der Waals surface area contributed by atoms with Crippen LogP contribution in [0.25, 0.3) is 0 Å². The number of hydrogen-bond donors (Lipinski definition) is 0. The van der Waals surface area contributed by atoms with E-state index in [0.717, 1.165) is 0 Å². The van der Waals surface area contributed by atoms with Gasteiger partial charge in [-0.15, -0.1) is 0 Å². The molecule has 1 unspecified atom stereocenters. The van der Waals surface area contributed by atoms with Crippen LogP contribution >= 0.6 is 0 Å². The van der Waals surface area contributed by atoms with E-state index in [1.54, 1.807) is 18.3 Å². The van der Waals surface area contributed by atoms with Crippen LogP contribution in [0.4, 0.5) is 0 Å². The standard InChI is InChI=1S/C16H23N5O3S/c1-12(2)15-18-16(24-19-15)13(3)20-7-9-21(10-8-20)25(22,23)14-5-4-6-17-11-14/h4-6,11-13H,7-10H2,1-3H3. The minimum atomic E-state index is -3.49. The number of sulfonamides is 1. The van der Waals surface area contributed by atoms with Gasteiger partial charge in [0.25, 0.3) is 0 Å². The van der Waals surface area contributed by atoms with E-state index in [4.69, 9.17) is 4.52 Å². The molecule has 9 heteroatoms. The van der Waals surface area contributed by atoms with Crippen LogP contribution in [0, 0.1) is 0 Å². The maximum atomic E-state index is 12.6. The first-order chi connectivity index (χ1) is 11.9. The van der Waals surface area contributed by atoms with E-state index in [2.05, 4.69) is 20.0 Å². The molecule has 0 amide bonds. The van der Waals surface area contributed by atoms with E-state index in [-0.39, 0.29) is 16.9 Å². The molecule has 1 fully saturated rings. The fraction of sp³-hybridized carbons (Fsp3) is 0.562. The molecule has 3 heterocycles. The van der Waals surface area contributed by atoms with Gasteiger partial charge in [0.1, 0.15) is 4.90 Å². The maximum Gasteiger partial charge on any atom is 0.244 e. The number of aromatic nitrogens is 3. The lowest BCUT2D eigenvalue weighted by Gasteiger charge is -2.36. The van der Waals surface area contributed by atoms with Crippen molar-refractivity contribution >= 4 is 10.0 Å². The van der Waals surface area contributed by atoms with Crippen molar-refractivity contribution in [1.82, 2.24) is 24.3 Å². The molecule has 0 aromatic carbocycles. The Morgan fingerprint density at radius 1 is 1.16 bits per heavy atom. The third-order valence-corrected chi connectivity index (χ3v) is 6.31. The summed E-state index contributed by atoms with van der Waals surface area (Å²) in [6, 6.07) is 3.17. The molecule has 1 saturated heterocycles. The molecule has 1 aliphatic heterocycles. The summed E-state index contributed by atoms with van der Waals surface area (Å²) in [6.45, 7) is 8.10. The van der Waals surface area contributed by atoms with Crippen molar-refractivity contribution in [3.05, 3.63) is 36.2 Å². The quantitative estimate of drug-likeness (QED) is 0.795. The summed E-state index contributed by atoms with van der Waals surface area (Å²) in [5.41, 5.74) is 0. The van der Waals surface area contributed by atoms with Crippen molar-refractivity contribution in [1.29, 1.82) is 0 Å². The summed E-state index contributed by atoms with van der Waals surface area (Å²) in [5.74, 6) is 1.48. The maximum absolute atomic E-state index is 12.6. The van der Waals surface area contributed by atoms with Gasteiger partial charge in [-0.25, -0.2) is 8.42 Å². The van der Waals surface area contributed by atoms with Gasteiger partial charge in [-0.2, -0.15) is 9.29 Å². The fourth-order valence-electron chi connectivity index (χ4n) is 2.79. The first-order valence-corrected chi connectivity index (χ1v) is 9.81. The fourth-order valence-corrected chi connectivity index (χ4v) is 4.17. The second-order valence-electron chi connectivity index (χ2n) is 6.45. The summed E-state index contributed by atoms with van der Waals surface area (Å²) >= 11 is 0. The molecule has 136 valence electrons. The van der Waals surface area contributed by atoms with E-state index < -0.39 is 10.0 Å². The monoisotopic (exact) mass is 365 g/mol. The van der Waals surface area contributed by atoms with Gasteiger partial charge < -0.3 is 4.52 Å². The van der Waals surface area contributed by atoms with Gasteiger partial charge in [0, 0.05) is 44.5 Å². The SMILES string of the molecule is CC(C)c1noc(C(C)N2CCN(S(=O)(=O)c3cccnc3)CC2)n1. The number of hydrogen-bond acceptors (Lipinski definition) is 7. The van der Waals surface area contributed by atoms with Crippen molar-refractivity contribution in [3.63, 3.8) is 0 Å². The van der Waals surface area contributed by atoms with Gasteiger partial charge in [0.05, 0.1) is 6.04 Å². The molecule has 3 rings (SSSR count). The van der Waals surface area contributed by atoms with Crippen LogP contribution in [0.3, 0.4) is 0 Å². The average Bonchev–Trinajstić information content (AvgIpc) is 3.12. The minimum absolute atomic E-state index is 0.0387. The molecule has 0 N–H and O–H groups in total. The van der Waals surface area contributed by atoms with Crippen molar-refractivity contribution in [2.75, 3.05) is 26.2 Å². The zero-order chi connectivity index (χ0) is 18.0. The molecule has 1 atom stereocenters. The van der Waals surface area contributed by atoms with Crippen LogP contribution in [0.15, 0.2) is 33.9 Å². The molecule has 1 aliphatic rings. The van der Waals surface area contributed by atoms with Crippen molar-refractivity contribution < 1.29 is 12.9 Å². The summed E-state index contributed by atoms with van der Waals surface area (Å²) < 4.78 is 32.1. The average molecular weight is 365 g/mol. The highest BCUT2D eigenvalue weighted by atomic mass is 32.2. The first kappa shape index (κ1) is 18.0. The van der Waals surface area contributed by atoms with Crippen LogP contribution in [0.2, 0.25) is 0 Å². The van der Waals surface area contributed by atoms with Crippen LogP contribution in [0.1, 0.15) is 44.4 Å². The lowest BCUT2D eigenvalue weighted by Crippen LogP contribution is -2.49. The predicted octanol–water partition coefficient (Wildman–Crippen LogP) is 1.66. The van der Waals surface area contributed by atoms with E-state index in [1.807, 2.05) is 20.8 Å². The zero-order valence-electron chi connectivity index (χ0n) is 14.7. The van der Waals surface area contributed by atoms with Gasteiger partial charge >= 0.3 is 0 Å². The van der Waals surface area contributed by atoms with Crippen LogP contribution in [0.5, 0.6) is 0 Å². The third kappa shape index (κ3) is 3.73. The van der Waals surface area contributed by atoms with E-state index in [9.17, 15) is 8.42 Å². The Labute approximate surface area is 147 Å². The molecular weight excluding hydrogens is 342 g/mol. The Balaban J connectivity index is 1.65. The molecule has 25 heavy (non-hydrogen) atoms. The Hall–Kier alpha value is -1.84. The molecule has 8 nitrogen and oxygen atoms in total. The van der Waals surface area contributed by atoms with Crippen LogP contribution in [-0.2, 0) is 10.0 Å². The number of piperazine rings is 1. The second-order valence-corrected chi connectivity index (χ2v) is 8.39. The molecule has 0 spiro atoms. The number of rotatable bonds is 5. The first-order valence-electron chi connectivity index (χ1n) is 8.37. The summed E-state index contributed by atoms with van der Waals surface area (Å²) in [4.78, 5) is 10.7. The van der Waals surface area contributed by atoms with Gasteiger partial charge in [-0.1, -0.05) is 19.0 Å². The Morgan fingerprint density at radius 2 is 1.88 bits per heavy atom. The minimum Gasteiger partial charge on any atom is -0.338 e. The molecule has 0 radical (unpaired) electrons. The van der Waals surface area contributed by atoms with Gasteiger partial charge in [-0.05, 0) is 19.1 Å². The highest BCUT2D eigenvalue weighted by molar-refractivity contribution is 7.89. The second kappa shape index (κ2) is 7.19. The van der Waals surface area contributed by atoms with E-state index in [1.165, 1.54) is 10.5 Å². The summed E-state index contributed by atoms with van der Waals surface area (Å²) in [6.07, 6.45) is 2.95. The molecule has 0 saturated carbocycles. The van der Waals surface area contributed by atoms with Crippen LogP contribution in [-0.4, -0.2) is 58.9 Å². The summed E-state index contributed by atoms with van der Waals surface area (Å²) in [7, 11) is -3.49. The normalized spacial score (nSPS) is 18.6. The highest BCUT2D eigenvalue weighted by Gasteiger charge is 2.32. The highest BCUT2D eigenvalue weighted by Crippen LogP contribution is 2.24. The number of pyridine rings is 1. The zero-order valence-corrected chi connectivity index (χ0v) is 15.5. The third-order valence-electron chi connectivity index (χ3n) is 4.42. The van der Waals surface area contributed by atoms with Crippen molar-refractivity contribution in [3.8, 4) is 0 Å². The molecule has 0 aliphatic carbocycles. The lowest BCUT2D eigenvalue weighted by atomic mass is 10.2. The Morgan fingerprint density at radius 3 is 2.44 bits per heavy atom.